The van der Waals surface area contributed by atoms with Crippen molar-refractivity contribution in [2.45, 2.75) is 0 Å². The van der Waals surface area contributed by atoms with Gasteiger partial charge < -0.3 is 24.0 Å². The van der Waals surface area contributed by atoms with E-state index in [1.807, 2.05) is 24.3 Å². The number of rotatable bonds is 10. The number of hydrogen-bond acceptors (Lipinski definition) is 5. The number of halogens is 1. The summed E-state index contributed by atoms with van der Waals surface area (Å²) in [4.78, 5) is 15.2. The second-order valence-corrected chi connectivity index (χ2v) is 5.90. The third kappa shape index (κ3) is 6.93. The van der Waals surface area contributed by atoms with Crippen molar-refractivity contribution >= 4 is 11.6 Å². The van der Waals surface area contributed by atoms with Gasteiger partial charge >= 0.3 is 0 Å². The average Bonchev–Trinajstić information content (AvgIpc) is 2.69. The highest BCUT2D eigenvalue weighted by molar-refractivity contribution is 5.90. The van der Waals surface area contributed by atoms with E-state index in [1.54, 1.807) is 0 Å². The minimum Gasteiger partial charge on any atom is -0.491 e. The Hall–Kier alpha value is -2.56. The van der Waals surface area contributed by atoms with Gasteiger partial charge in [0, 0.05) is 37.9 Å². The second kappa shape index (κ2) is 11.2. The minimum atomic E-state index is -0.913. The van der Waals surface area contributed by atoms with Crippen LogP contribution in [0, 0.1) is 12.3 Å². The highest BCUT2D eigenvalue weighted by atomic mass is 19.1. The first kappa shape index (κ1) is 20.7. The molecule has 0 saturated carbocycles. The topological polar surface area (TPSA) is 51.2 Å². The lowest BCUT2D eigenvalue weighted by Gasteiger charge is -2.35. The maximum Gasteiger partial charge on any atom is 0.282 e. The standard InChI is InChI=1S/C20H25FN2O4/c1-3-11-25-12-13-26-14-15-27-19-6-4-5-18(16-19)22-7-9-23(10-8-22)20(24)17(2)21/h1,4-6,16H,2,7-15H2. The molecule has 1 saturated heterocycles. The lowest BCUT2D eigenvalue weighted by atomic mass is 10.2. The van der Waals surface area contributed by atoms with Crippen molar-refractivity contribution in [2.24, 2.45) is 0 Å². The highest BCUT2D eigenvalue weighted by Crippen LogP contribution is 2.22. The lowest BCUT2D eigenvalue weighted by molar-refractivity contribution is -0.128. The Bertz CT molecular complexity index is 666. The van der Waals surface area contributed by atoms with E-state index in [0.717, 1.165) is 11.4 Å². The maximum atomic E-state index is 13.0. The van der Waals surface area contributed by atoms with E-state index in [4.69, 9.17) is 20.6 Å². The number of amides is 1. The van der Waals surface area contributed by atoms with E-state index in [1.165, 1.54) is 4.90 Å². The number of terminal acetylenes is 1. The van der Waals surface area contributed by atoms with Crippen molar-refractivity contribution < 1.29 is 23.4 Å². The second-order valence-electron chi connectivity index (χ2n) is 5.90. The molecule has 1 aliphatic heterocycles. The van der Waals surface area contributed by atoms with Crippen LogP contribution in [-0.2, 0) is 14.3 Å². The third-order valence-electron chi connectivity index (χ3n) is 4.04. The van der Waals surface area contributed by atoms with Crippen molar-refractivity contribution in [3.05, 3.63) is 36.7 Å². The predicted molar refractivity (Wildman–Crippen MR) is 101 cm³/mol. The molecule has 0 aliphatic carbocycles. The van der Waals surface area contributed by atoms with Crippen LogP contribution in [0.25, 0.3) is 0 Å². The molecule has 6 nitrogen and oxygen atoms in total. The quantitative estimate of drug-likeness (QED) is 0.354. The lowest BCUT2D eigenvalue weighted by Crippen LogP contribution is -2.48. The molecule has 146 valence electrons. The van der Waals surface area contributed by atoms with Crippen LogP contribution in [0.2, 0.25) is 0 Å². The molecule has 1 amide bonds. The van der Waals surface area contributed by atoms with Gasteiger partial charge in [-0.2, -0.15) is 0 Å². The van der Waals surface area contributed by atoms with E-state index in [-0.39, 0.29) is 6.61 Å². The molecule has 0 aromatic heterocycles. The first-order chi connectivity index (χ1) is 13.1. The average molecular weight is 376 g/mol. The summed E-state index contributed by atoms with van der Waals surface area (Å²) in [5.74, 6) is 1.59. The van der Waals surface area contributed by atoms with Crippen LogP contribution in [0.15, 0.2) is 36.7 Å². The number of nitrogens with zero attached hydrogens (tertiary/aromatic N) is 2. The van der Waals surface area contributed by atoms with E-state index < -0.39 is 11.7 Å². The van der Waals surface area contributed by atoms with Crippen molar-refractivity contribution in [3.8, 4) is 18.1 Å². The number of benzene rings is 1. The Balaban J connectivity index is 1.72. The van der Waals surface area contributed by atoms with Crippen LogP contribution in [0.5, 0.6) is 5.75 Å². The van der Waals surface area contributed by atoms with Gasteiger partial charge in [-0.3, -0.25) is 4.79 Å². The fraction of sp³-hybridized carbons (Fsp3) is 0.450. The van der Waals surface area contributed by atoms with Gasteiger partial charge in [-0.1, -0.05) is 18.6 Å². The zero-order valence-electron chi connectivity index (χ0n) is 15.4. The fourth-order valence-corrected chi connectivity index (χ4v) is 2.68. The van der Waals surface area contributed by atoms with Crippen LogP contribution < -0.4 is 9.64 Å². The van der Waals surface area contributed by atoms with Crippen LogP contribution in [0.4, 0.5) is 10.1 Å². The third-order valence-corrected chi connectivity index (χ3v) is 4.04. The summed E-state index contributed by atoms with van der Waals surface area (Å²) >= 11 is 0. The van der Waals surface area contributed by atoms with Gasteiger partial charge in [-0.15, -0.1) is 6.42 Å². The zero-order valence-corrected chi connectivity index (χ0v) is 15.4. The summed E-state index contributed by atoms with van der Waals surface area (Å²) < 4.78 is 29.2. The molecule has 0 spiro atoms. The van der Waals surface area contributed by atoms with Crippen LogP contribution in [0.1, 0.15) is 0 Å². The Kier molecular flexibility index (Phi) is 8.62. The van der Waals surface area contributed by atoms with Gasteiger partial charge in [0.25, 0.3) is 5.91 Å². The van der Waals surface area contributed by atoms with Gasteiger partial charge in [0.2, 0.25) is 0 Å². The molecule has 1 heterocycles. The Morgan fingerprint density at radius 3 is 2.56 bits per heavy atom. The summed E-state index contributed by atoms with van der Waals surface area (Å²) in [6, 6.07) is 7.73. The fourth-order valence-electron chi connectivity index (χ4n) is 2.68. The molecule has 1 fully saturated rings. The number of anilines is 1. The number of carbonyl (C=O) groups is 1. The van der Waals surface area contributed by atoms with Crippen molar-refractivity contribution in [1.29, 1.82) is 0 Å². The Morgan fingerprint density at radius 2 is 1.85 bits per heavy atom. The number of carbonyl (C=O) groups excluding carboxylic acids is 1. The zero-order chi connectivity index (χ0) is 19.5. The highest BCUT2D eigenvalue weighted by Gasteiger charge is 2.23. The number of hydrogen-bond donors (Lipinski definition) is 0. The molecule has 2 rings (SSSR count). The van der Waals surface area contributed by atoms with Crippen molar-refractivity contribution in [1.82, 2.24) is 4.90 Å². The van der Waals surface area contributed by atoms with Gasteiger partial charge in [-0.25, -0.2) is 4.39 Å². The normalized spacial score (nSPS) is 13.9. The molecular weight excluding hydrogens is 351 g/mol. The molecular formula is C20H25FN2O4. The van der Waals surface area contributed by atoms with Crippen LogP contribution in [0.3, 0.4) is 0 Å². The van der Waals surface area contributed by atoms with Gasteiger partial charge in [0.15, 0.2) is 5.83 Å². The summed E-state index contributed by atoms with van der Waals surface area (Å²) in [5.41, 5.74) is 1.00. The molecule has 27 heavy (non-hydrogen) atoms. The number of piperazine rings is 1. The smallest absolute Gasteiger partial charge is 0.282 e. The molecule has 7 heteroatoms. The summed E-state index contributed by atoms with van der Waals surface area (Å²) in [7, 11) is 0. The van der Waals surface area contributed by atoms with E-state index in [0.29, 0.717) is 52.6 Å². The van der Waals surface area contributed by atoms with Gasteiger partial charge in [0.1, 0.15) is 19.0 Å². The molecule has 0 radical (unpaired) electrons. The Labute approximate surface area is 159 Å². The van der Waals surface area contributed by atoms with Crippen molar-refractivity contribution in [3.63, 3.8) is 0 Å². The van der Waals surface area contributed by atoms with Gasteiger partial charge in [0.05, 0.1) is 19.8 Å². The van der Waals surface area contributed by atoms with E-state index in [2.05, 4.69) is 17.4 Å². The first-order valence-corrected chi connectivity index (χ1v) is 8.82. The Morgan fingerprint density at radius 1 is 1.15 bits per heavy atom. The largest absolute Gasteiger partial charge is 0.491 e. The monoisotopic (exact) mass is 376 g/mol. The SMILES string of the molecule is C#CCOCCOCCOc1cccc(N2CCN(C(=O)C(=C)F)CC2)c1. The molecule has 1 aromatic carbocycles. The molecule has 0 bridgehead atoms. The molecule has 0 atom stereocenters. The van der Waals surface area contributed by atoms with E-state index >= 15 is 0 Å². The predicted octanol–water partition coefficient (Wildman–Crippen LogP) is 1.86. The van der Waals surface area contributed by atoms with Crippen LogP contribution >= 0.6 is 0 Å². The molecule has 0 unspecified atom stereocenters. The minimum absolute atomic E-state index is 0.289. The van der Waals surface area contributed by atoms with Crippen molar-refractivity contribution in [2.75, 3.05) is 64.1 Å². The molecule has 0 N–H and O–H groups in total. The summed E-state index contributed by atoms with van der Waals surface area (Å²) in [5, 5.41) is 0. The molecule has 1 aromatic rings. The first-order valence-electron chi connectivity index (χ1n) is 8.82. The molecule has 1 aliphatic rings. The maximum absolute atomic E-state index is 13.0. The number of ether oxygens (including phenoxy) is 3. The van der Waals surface area contributed by atoms with Gasteiger partial charge in [-0.05, 0) is 12.1 Å². The van der Waals surface area contributed by atoms with Crippen LogP contribution in [-0.4, -0.2) is 70.0 Å². The summed E-state index contributed by atoms with van der Waals surface area (Å²) in [6.45, 7) is 7.35. The van der Waals surface area contributed by atoms with E-state index in [9.17, 15) is 9.18 Å². The summed E-state index contributed by atoms with van der Waals surface area (Å²) in [6.07, 6.45) is 5.08.